The molecule has 1 aliphatic rings. The monoisotopic (exact) mass is 291 g/mol. The molecule has 1 aliphatic heterocycles. The lowest BCUT2D eigenvalue weighted by molar-refractivity contribution is 0.0986. The smallest absolute Gasteiger partial charge is 0.306 e. The van der Waals surface area contributed by atoms with E-state index in [0.29, 0.717) is 17.4 Å². The average Bonchev–Trinajstić information content (AvgIpc) is 2.97. The van der Waals surface area contributed by atoms with E-state index in [0.717, 1.165) is 17.7 Å². The van der Waals surface area contributed by atoms with E-state index in [1.165, 1.54) is 0 Å². The largest absolute Gasteiger partial charge is 0.346 e. The summed E-state index contributed by atoms with van der Waals surface area (Å²) in [6.45, 7) is 0.612. The summed E-state index contributed by atoms with van der Waals surface area (Å²) in [6.07, 6.45) is 0.822. The molecule has 3 aromatic rings. The van der Waals surface area contributed by atoms with E-state index in [9.17, 15) is 9.59 Å². The predicted octanol–water partition coefficient (Wildman–Crippen LogP) is 2.13. The Morgan fingerprint density at radius 2 is 1.86 bits per heavy atom. The minimum absolute atomic E-state index is 0.205. The normalized spacial score (nSPS) is 13.4. The van der Waals surface area contributed by atoms with Crippen molar-refractivity contribution in [3.05, 3.63) is 70.3 Å². The van der Waals surface area contributed by atoms with Crippen molar-refractivity contribution in [1.82, 2.24) is 9.97 Å². The molecule has 2 aromatic carbocycles. The summed E-state index contributed by atoms with van der Waals surface area (Å²) in [5.74, 6) is -0.229. The van der Waals surface area contributed by atoms with E-state index in [1.54, 1.807) is 17.0 Å². The van der Waals surface area contributed by atoms with E-state index < -0.39 is 5.69 Å². The highest BCUT2D eigenvalue weighted by atomic mass is 16.2. The maximum Gasteiger partial charge on any atom is 0.346 e. The van der Waals surface area contributed by atoms with E-state index in [-0.39, 0.29) is 11.6 Å². The third-order valence-corrected chi connectivity index (χ3v) is 3.97. The molecule has 5 heteroatoms. The molecule has 2 heterocycles. The molecule has 0 radical (unpaired) electrons. The van der Waals surface area contributed by atoms with Crippen LogP contribution in [-0.4, -0.2) is 22.4 Å². The van der Waals surface area contributed by atoms with Crippen molar-refractivity contribution in [3.8, 4) is 0 Å². The van der Waals surface area contributed by atoms with E-state index in [1.807, 2.05) is 36.4 Å². The van der Waals surface area contributed by atoms with E-state index in [4.69, 9.17) is 0 Å². The molecule has 0 saturated heterocycles. The molecule has 0 saturated carbocycles. The average molecular weight is 291 g/mol. The lowest BCUT2D eigenvalue weighted by atomic mass is 10.1. The number of aromatic nitrogens is 2. The molecule has 1 aromatic heterocycles. The van der Waals surface area contributed by atoms with Gasteiger partial charge in [-0.25, -0.2) is 4.79 Å². The first-order valence-electron chi connectivity index (χ1n) is 7.13. The summed E-state index contributed by atoms with van der Waals surface area (Å²) in [5, 5.41) is 0.663. The molecule has 4 rings (SSSR count). The first-order valence-corrected chi connectivity index (χ1v) is 7.13. The zero-order valence-electron chi connectivity index (χ0n) is 11.7. The van der Waals surface area contributed by atoms with Gasteiger partial charge in [0.15, 0.2) is 0 Å². The number of benzene rings is 2. The Labute approximate surface area is 126 Å². The predicted molar refractivity (Wildman–Crippen MR) is 84.2 cm³/mol. The lowest BCUT2D eigenvalue weighted by Gasteiger charge is -2.17. The van der Waals surface area contributed by atoms with E-state index in [2.05, 4.69) is 9.97 Å². The highest BCUT2D eigenvalue weighted by Gasteiger charge is 2.27. The molecule has 108 valence electrons. The zero-order valence-corrected chi connectivity index (χ0v) is 11.7. The molecule has 1 N–H and O–H groups in total. The summed E-state index contributed by atoms with van der Waals surface area (Å²) >= 11 is 0. The maximum absolute atomic E-state index is 12.9. The van der Waals surface area contributed by atoms with Gasteiger partial charge >= 0.3 is 5.69 Å². The Morgan fingerprint density at radius 1 is 1.09 bits per heavy atom. The fourth-order valence-electron chi connectivity index (χ4n) is 2.94. The summed E-state index contributed by atoms with van der Waals surface area (Å²) < 4.78 is 0. The maximum atomic E-state index is 12.9. The number of aromatic amines is 1. The van der Waals surface area contributed by atoms with Gasteiger partial charge < -0.3 is 9.88 Å². The molecule has 0 unspecified atom stereocenters. The Hall–Kier alpha value is -2.95. The van der Waals surface area contributed by atoms with Crippen LogP contribution >= 0.6 is 0 Å². The second-order valence-corrected chi connectivity index (χ2v) is 5.27. The van der Waals surface area contributed by atoms with Crippen LogP contribution in [0.2, 0.25) is 0 Å². The number of rotatable bonds is 1. The van der Waals surface area contributed by atoms with Gasteiger partial charge in [-0.15, -0.1) is 0 Å². The summed E-state index contributed by atoms with van der Waals surface area (Å²) in [6, 6.07) is 15.0. The Kier molecular flexibility index (Phi) is 2.79. The minimum atomic E-state index is -0.505. The van der Waals surface area contributed by atoms with Crippen LogP contribution in [0.1, 0.15) is 16.1 Å². The molecule has 1 amide bonds. The van der Waals surface area contributed by atoms with Gasteiger partial charge in [0.25, 0.3) is 5.91 Å². The molecule has 0 atom stereocenters. The molecule has 5 nitrogen and oxygen atoms in total. The molecule has 22 heavy (non-hydrogen) atoms. The molecule has 0 fully saturated rings. The van der Waals surface area contributed by atoms with Crippen LogP contribution in [0.4, 0.5) is 5.69 Å². The number of para-hydroxylation sites is 2. The first kappa shape index (κ1) is 12.8. The van der Waals surface area contributed by atoms with Gasteiger partial charge in [-0.1, -0.05) is 36.4 Å². The lowest BCUT2D eigenvalue weighted by Crippen LogP contribution is -2.31. The van der Waals surface area contributed by atoms with Crippen LogP contribution in [0, 0.1) is 0 Å². The number of hydrogen-bond donors (Lipinski definition) is 1. The molecular formula is C17H13N3O2. The molecule has 0 bridgehead atoms. The zero-order chi connectivity index (χ0) is 15.1. The van der Waals surface area contributed by atoms with Crippen molar-refractivity contribution in [2.24, 2.45) is 0 Å². The molecular weight excluding hydrogens is 278 g/mol. The number of hydrogen-bond acceptors (Lipinski definition) is 3. The van der Waals surface area contributed by atoms with Crippen molar-refractivity contribution in [1.29, 1.82) is 0 Å². The third-order valence-electron chi connectivity index (χ3n) is 3.97. The van der Waals surface area contributed by atoms with Gasteiger partial charge in [-0.05, 0) is 24.1 Å². The standard InChI is InChI=1S/C17H13N3O2/c21-16(20-10-9-11-5-1-4-8-14(11)20)15-12-6-2-3-7-13(12)18-17(22)19-15/h1-8H,9-10H2,(H,18,19,22). The topological polar surface area (TPSA) is 66.1 Å². The number of nitrogens with zero attached hydrogens (tertiary/aromatic N) is 2. The third kappa shape index (κ3) is 1.90. The van der Waals surface area contributed by atoms with E-state index >= 15 is 0 Å². The van der Waals surface area contributed by atoms with Crippen LogP contribution in [0.15, 0.2) is 53.3 Å². The quantitative estimate of drug-likeness (QED) is 0.747. The SMILES string of the molecule is O=C(c1nc(=O)[nH]c2ccccc12)N1CCc2ccccc21. The summed E-state index contributed by atoms with van der Waals surface area (Å²) in [4.78, 5) is 32.9. The van der Waals surface area contributed by atoms with Crippen LogP contribution in [0.3, 0.4) is 0 Å². The van der Waals surface area contributed by atoms with Crippen molar-refractivity contribution in [2.75, 3.05) is 11.4 Å². The second-order valence-electron chi connectivity index (χ2n) is 5.27. The van der Waals surface area contributed by atoms with Crippen molar-refractivity contribution < 1.29 is 4.79 Å². The highest BCUT2D eigenvalue weighted by Crippen LogP contribution is 2.29. The van der Waals surface area contributed by atoms with Crippen LogP contribution in [-0.2, 0) is 6.42 Å². The number of carbonyl (C=O) groups excluding carboxylic acids is 1. The number of H-pyrrole nitrogens is 1. The minimum Gasteiger partial charge on any atom is -0.306 e. The number of fused-ring (bicyclic) bond motifs is 2. The van der Waals surface area contributed by atoms with Crippen molar-refractivity contribution in [2.45, 2.75) is 6.42 Å². The Balaban J connectivity index is 1.87. The van der Waals surface area contributed by atoms with Gasteiger partial charge in [0.05, 0.1) is 5.52 Å². The van der Waals surface area contributed by atoms with Gasteiger partial charge in [0.2, 0.25) is 0 Å². The first-order chi connectivity index (χ1) is 10.7. The second kappa shape index (κ2) is 4.80. The number of carbonyl (C=O) groups is 1. The van der Waals surface area contributed by atoms with Crippen LogP contribution < -0.4 is 10.6 Å². The van der Waals surface area contributed by atoms with Crippen LogP contribution in [0.25, 0.3) is 10.9 Å². The number of amides is 1. The van der Waals surface area contributed by atoms with Gasteiger partial charge in [0.1, 0.15) is 5.69 Å². The summed E-state index contributed by atoms with van der Waals surface area (Å²) in [7, 11) is 0. The van der Waals surface area contributed by atoms with Crippen molar-refractivity contribution in [3.63, 3.8) is 0 Å². The fraction of sp³-hybridized carbons (Fsp3) is 0.118. The molecule has 0 aliphatic carbocycles. The van der Waals surface area contributed by atoms with Crippen molar-refractivity contribution >= 4 is 22.5 Å². The highest BCUT2D eigenvalue weighted by molar-refractivity contribution is 6.12. The van der Waals surface area contributed by atoms with Crippen LogP contribution in [0.5, 0.6) is 0 Å². The Bertz CT molecular complexity index is 946. The number of nitrogens with one attached hydrogen (secondary N) is 1. The summed E-state index contributed by atoms with van der Waals surface area (Å²) in [5.41, 5.74) is 2.37. The number of anilines is 1. The van der Waals surface area contributed by atoms with Gasteiger partial charge in [-0.3, -0.25) is 4.79 Å². The van der Waals surface area contributed by atoms with Gasteiger partial charge in [0, 0.05) is 17.6 Å². The fourth-order valence-corrected chi connectivity index (χ4v) is 2.94. The molecule has 0 spiro atoms. The Morgan fingerprint density at radius 3 is 2.77 bits per heavy atom. The van der Waals surface area contributed by atoms with Gasteiger partial charge in [-0.2, -0.15) is 4.98 Å².